The molecule has 3 heteroatoms. The minimum atomic E-state index is -0.742. The zero-order valence-corrected chi connectivity index (χ0v) is 11.2. The maximum absolute atomic E-state index is 10.7. The second kappa shape index (κ2) is 4.84. The van der Waals surface area contributed by atoms with Crippen molar-refractivity contribution in [1.29, 1.82) is 0 Å². The number of carboxylic acid groups (broad SMARTS) is 1. The topological polar surface area (TPSA) is 42.2 Å². The zero-order valence-electron chi connectivity index (χ0n) is 11.2. The molecule has 0 radical (unpaired) electrons. The van der Waals surface area contributed by atoms with Crippen molar-refractivity contribution in [3.05, 3.63) is 35.0 Å². The number of benzene rings is 1. The van der Waals surface area contributed by atoms with E-state index in [1.54, 1.807) is 0 Å². The van der Waals surface area contributed by atoms with Crippen molar-refractivity contribution in [3.8, 4) is 0 Å². The molecule has 1 aromatic heterocycles. The van der Waals surface area contributed by atoms with Crippen molar-refractivity contribution < 1.29 is 9.90 Å². The number of carbonyl (C=O) groups is 1. The van der Waals surface area contributed by atoms with Gasteiger partial charge in [-0.2, -0.15) is 0 Å². The van der Waals surface area contributed by atoms with E-state index in [0.717, 1.165) is 12.1 Å². The molecule has 3 nitrogen and oxygen atoms in total. The molecule has 0 amide bonds. The summed E-state index contributed by atoms with van der Waals surface area (Å²) in [6.45, 7) is 4.23. The van der Waals surface area contributed by atoms with E-state index < -0.39 is 5.97 Å². The van der Waals surface area contributed by atoms with Gasteiger partial charge in [-0.15, -0.1) is 0 Å². The largest absolute Gasteiger partial charge is 0.481 e. The highest BCUT2D eigenvalue weighted by Crippen LogP contribution is 2.26. The van der Waals surface area contributed by atoms with Gasteiger partial charge in [0.15, 0.2) is 0 Å². The summed E-state index contributed by atoms with van der Waals surface area (Å²) in [6.07, 6.45) is 1.80. The molecule has 0 aliphatic heterocycles. The van der Waals surface area contributed by atoms with E-state index >= 15 is 0 Å². The fourth-order valence-corrected chi connectivity index (χ4v) is 2.53. The van der Waals surface area contributed by atoms with Crippen LogP contribution in [-0.2, 0) is 24.7 Å². The van der Waals surface area contributed by atoms with E-state index in [1.165, 1.54) is 22.0 Å². The zero-order chi connectivity index (χ0) is 13.3. The SMILES string of the molecule is CCc1ccc2c(c1)c(C)c(CCC(=O)O)n2C. The lowest BCUT2D eigenvalue weighted by Gasteiger charge is -2.03. The Morgan fingerprint density at radius 3 is 2.72 bits per heavy atom. The Kier molecular flexibility index (Phi) is 3.41. The molecule has 0 aliphatic rings. The summed E-state index contributed by atoms with van der Waals surface area (Å²) in [5.41, 5.74) is 4.84. The van der Waals surface area contributed by atoms with Gasteiger partial charge in [0.2, 0.25) is 0 Å². The average molecular weight is 245 g/mol. The average Bonchev–Trinajstić information content (AvgIpc) is 2.59. The summed E-state index contributed by atoms with van der Waals surface area (Å²) in [4.78, 5) is 10.7. The summed E-state index contributed by atoms with van der Waals surface area (Å²) in [5.74, 6) is -0.742. The Morgan fingerprint density at radius 1 is 1.39 bits per heavy atom. The third-order valence-corrected chi connectivity index (χ3v) is 3.65. The maximum atomic E-state index is 10.7. The van der Waals surface area contributed by atoms with Gasteiger partial charge in [0, 0.05) is 23.6 Å². The summed E-state index contributed by atoms with van der Waals surface area (Å²) in [7, 11) is 2.01. The molecular weight excluding hydrogens is 226 g/mol. The maximum Gasteiger partial charge on any atom is 0.303 e. The Hall–Kier alpha value is -1.77. The Labute approximate surface area is 107 Å². The highest BCUT2D eigenvalue weighted by Gasteiger charge is 2.12. The van der Waals surface area contributed by atoms with Crippen molar-refractivity contribution in [3.63, 3.8) is 0 Å². The molecule has 0 bridgehead atoms. The van der Waals surface area contributed by atoms with E-state index in [-0.39, 0.29) is 6.42 Å². The van der Waals surface area contributed by atoms with Crippen molar-refractivity contribution in [1.82, 2.24) is 4.57 Å². The fraction of sp³-hybridized carbons (Fsp3) is 0.400. The quantitative estimate of drug-likeness (QED) is 0.899. The molecule has 0 atom stereocenters. The van der Waals surface area contributed by atoms with Crippen molar-refractivity contribution in [2.24, 2.45) is 7.05 Å². The summed E-state index contributed by atoms with van der Waals surface area (Å²) in [6, 6.07) is 6.49. The lowest BCUT2D eigenvalue weighted by atomic mass is 10.1. The smallest absolute Gasteiger partial charge is 0.303 e. The highest BCUT2D eigenvalue weighted by molar-refractivity contribution is 5.86. The Morgan fingerprint density at radius 2 is 2.11 bits per heavy atom. The van der Waals surface area contributed by atoms with Crippen LogP contribution in [-0.4, -0.2) is 15.6 Å². The number of nitrogens with zero attached hydrogens (tertiary/aromatic N) is 1. The molecule has 1 aromatic carbocycles. The number of aryl methyl sites for hydroxylation is 3. The number of rotatable bonds is 4. The van der Waals surface area contributed by atoms with E-state index in [4.69, 9.17) is 5.11 Å². The monoisotopic (exact) mass is 245 g/mol. The Balaban J connectivity index is 2.51. The second-order valence-electron chi connectivity index (χ2n) is 4.73. The van der Waals surface area contributed by atoms with Crippen molar-refractivity contribution in [2.45, 2.75) is 33.1 Å². The summed E-state index contributed by atoms with van der Waals surface area (Å²) >= 11 is 0. The van der Waals surface area contributed by atoms with Gasteiger partial charge in [-0.1, -0.05) is 13.0 Å². The van der Waals surface area contributed by atoms with Crippen LogP contribution in [0.2, 0.25) is 0 Å². The van der Waals surface area contributed by atoms with Crippen LogP contribution in [0.5, 0.6) is 0 Å². The number of aliphatic carboxylic acids is 1. The molecule has 0 saturated carbocycles. The second-order valence-corrected chi connectivity index (χ2v) is 4.73. The molecule has 0 spiro atoms. The number of hydrogen-bond acceptors (Lipinski definition) is 1. The molecular formula is C15H19NO2. The van der Waals surface area contributed by atoms with Crippen LogP contribution < -0.4 is 0 Å². The first-order chi connectivity index (χ1) is 8.54. The highest BCUT2D eigenvalue weighted by atomic mass is 16.4. The summed E-state index contributed by atoms with van der Waals surface area (Å²) in [5, 5.41) is 10.1. The molecule has 0 unspecified atom stereocenters. The van der Waals surface area contributed by atoms with Crippen LogP contribution in [0.1, 0.15) is 30.2 Å². The predicted molar refractivity (Wildman–Crippen MR) is 73.0 cm³/mol. The van der Waals surface area contributed by atoms with Crippen LogP contribution in [0.25, 0.3) is 10.9 Å². The molecule has 2 aromatic rings. The van der Waals surface area contributed by atoms with Gasteiger partial charge in [0.05, 0.1) is 6.42 Å². The van der Waals surface area contributed by atoms with Gasteiger partial charge in [-0.25, -0.2) is 0 Å². The molecule has 1 heterocycles. The molecule has 0 aliphatic carbocycles. The van der Waals surface area contributed by atoms with E-state index in [1.807, 2.05) is 7.05 Å². The van der Waals surface area contributed by atoms with Gasteiger partial charge < -0.3 is 9.67 Å². The lowest BCUT2D eigenvalue weighted by molar-refractivity contribution is -0.136. The van der Waals surface area contributed by atoms with Crippen LogP contribution in [0, 0.1) is 6.92 Å². The van der Waals surface area contributed by atoms with Crippen molar-refractivity contribution in [2.75, 3.05) is 0 Å². The number of hydrogen-bond donors (Lipinski definition) is 1. The number of carboxylic acids is 1. The first-order valence-electron chi connectivity index (χ1n) is 6.33. The van der Waals surface area contributed by atoms with Crippen molar-refractivity contribution >= 4 is 16.9 Å². The van der Waals surface area contributed by atoms with Gasteiger partial charge in [0.25, 0.3) is 0 Å². The molecule has 1 N–H and O–H groups in total. The molecule has 0 saturated heterocycles. The van der Waals surface area contributed by atoms with Crippen LogP contribution >= 0.6 is 0 Å². The fourth-order valence-electron chi connectivity index (χ4n) is 2.53. The third kappa shape index (κ3) is 2.13. The first kappa shape index (κ1) is 12.7. The minimum absolute atomic E-state index is 0.186. The molecule has 18 heavy (non-hydrogen) atoms. The van der Waals surface area contributed by atoms with Gasteiger partial charge >= 0.3 is 5.97 Å². The van der Waals surface area contributed by atoms with Gasteiger partial charge in [-0.05, 0) is 43.0 Å². The number of aromatic nitrogens is 1. The van der Waals surface area contributed by atoms with Crippen LogP contribution in [0.15, 0.2) is 18.2 Å². The summed E-state index contributed by atoms with van der Waals surface area (Å²) < 4.78 is 2.12. The third-order valence-electron chi connectivity index (χ3n) is 3.65. The van der Waals surface area contributed by atoms with E-state index in [9.17, 15) is 4.79 Å². The lowest BCUT2D eigenvalue weighted by Crippen LogP contribution is -2.03. The number of fused-ring (bicyclic) bond motifs is 1. The van der Waals surface area contributed by atoms with E-state index in [2.05, 4.69) is 36.6 Å². The Bertz CT molecular complexity index is 596. The predicted octanol–water partition coefficient (Wildman–Crippen LogP) is 3.07. The van der Waals surface area contributed by atoms with E-state index in [0.29, 0.717) is 6.42 Å². The minimum Gasteiger partial charge on any atom is -0.481 e. The first-order valence-corrected chi connectivity index (χ1v) is 6.33. The molecule has 2 rings (SSSR count). The normalized spacial score (nSPS) is 11.1. The molecule has 96 valence electrons. The van der Waals surface area contributed by atoms with Crippen LogP contribution in [0.4, 0.5) is 0 Å². The van der Waals surface area contributed by atoms with Gasteiger partial charge in [-0.3, -0.25) is 4.79 Å². The van der Waals surface area contributed by atoms with Crippen LogP contribution in [0.3, 0.4) is 0 Å². The standard InChI is InChI=1S/C15H19NO2/c1-4-11-5-6-14-12(9-11)10(2)13(16(14)3)7-8-15(17)18/h5-6,9H,4,7-8H2,1-3H3,(H,17,18). The van der Waals surface area contributed by atoms with Gasteiger partial charge in [0.1, 0.15) is 0 Å². The molecule has 0 fully saturated rings.